The number of aromatic nitrogens is 1. The van der Waals surface area contributed by atoms with E-state index in [1.807, 2.05) is 32.8 Å². The van der Waals surface area contributed by atoms with Crippen molar-refractivity contribution < 1.29 is 32.3 Å². The summed E-state index contributed by atoms with van der Waals surface area (Å²) in [6, 6.07) is 7.17. The predicted molar refractivity (Wildman–Crippen MR) is 150 cm³/mol. The highest BCUT2D eigenvalue weighted by Gasteiger charge is 2.27. The number of ketones is 1. The van der Waals surface area contributed by atoms with E-state index in [4.69, 9.17) is 9.47 Å². The number of ether oxygens (including phenoxy) is 2. The molecule has 2 atom stereocenters. The second kappa shape index (κ2) is 15.3. The second-order valence-electron chi connectivity index (χ2n) is 9.86. The number of hydrogen-bond donors (Lipinski definition) is 3. The summed E-state index contributed by atoms with van der Waals surface area (Å²) in [5.41, 5.74) is 0.273. The Kier molecular flexibility index (Phi) is 12.5. The lowest BCUT2D eigenvalue weighted by Gasteiger charge is -2.22. The molecule has 220 valence electrons. The van der Waals surface area contributed by atoms with Crippen LogP contribution in [0.5, 0.6) is 11.5 Å². The molecule has 1 heterocycles. The number of carbonyl (C=O) groups excluding carboxylic acids is 3. The number of methoxy groups -OCH3 is 1. The van der Waals surface area contributed by atoms with Gasteiger partial charge in [-0.1, -0.05) is 19.9 Å². The number of sulfonamides is 1. The lowest BCUT2D eigenvalue weighted by molar-refractivity contribution is -0.128. The first kappa shape index (κ1) is 32.7. The van der Waals surface area contributed by atoms with E-state index in [1.54, 1.807) is 24.3 Å². The highest BCUT2D eigenvalue weighted by molar-refractivity contribution is 7.89. The highest BCUT2D eigenvalue weighted by Crippen LogP contribution is 2.28. The lowest BCUT2D eigenvalue weighted by Crippen LogP contribution is -2.52. The van der Waals surface area contributed by atoms with Crippen LogP contribution in [0.1, 0.15) is 37.6 Å². The third kappa shape index (κ3) is 10.2. The molecule has 0 saturated carbocycles. The minimum Gasteiger partial charge on any atom is -0.493 e. The van der Waals surface area contributed by atoms with Crippen LogP contribution in [0.3, 0.4) is 0 Å². The van der Waals surface area contributed by atoms with Crippen molar-refractivity contribution in [2.75, 3.05) is 40.9 Å². The molecule has 0 aliphatic heterocycles. The number of carbonyl (C=O) groups is 3. The summed E-state index contributed by atoms with van der Waals surface area (Å²) in [6.07, 6.45) is 1.64. The number of Topliss-reactive ketones (excluding diaryl/α,β-unsaturated/α-hetero) is 1. The SMILES string of the molecule is COc1ccc(C(=O)N[C@@H](CC(C)C)C(=O)N[C@@H](C)C(=O)CNS(=O)(=O)c2ccccn2)cc1OCCN(C)C. The number of likely N-dealkylation sites (N-methyl/N-ethyl adjacent to an activating group) is 1. The van der Waals surface area contributed by atoms with Crippen molar-refractivity contribution in [1.82, 2.24) is 25.2 Å². The Labute approximate surface area is 235 Å². The predicted octanol–water partition coefficient (Wildman–Crippen LogP) is 1.23. The number of pyridine rings is 1. The summed E-state index contributed by atoms with van der Waals surface area (Å²) in [6.45, 7) is 5.76. The fraction of sp³-hybridized carbons (Fsp3) is 0.481. The molecule has 0 fully saturated rings. The van der Waals surface area contributed by atoms with Gasteiger partial charge < -0.3 is 25.0 Å². The fourth-order valence-corrected chi connectivity index (χ4v) is 4.44. The molecule has 2 rings (SSSR count). The van der Waals surface area contributed by atoms with Crippen molar-refractivity contribution in [2.24, 2.45) is 5.92 Å². The van der Waals surface area contributed by atoms with Gasteiger partial charge in [-0.05, 0) is 63.7 Å². The molecule has 2 amide bonds. The van der Waals surface area contributed by atoms with Gasteiger partial charge in [0.15, 0.2) is 22.3 Å². The molecule has 1 aromatic heterocycles. The molecular formula is C27H39N5O7S. The third-order valence-corrected chi connectivity index (χ3v) is 7.06. The van der Waals surface area contributed by atoms with E-state index in [2.05, 4.69) is 20.3 Å². The maximum atomic E-state index is 13.1. The van der Waals surface area contributed by atoms with Crippen molar-refractivity contribution in [2.45, 2.75) is 44.3 Å². The van der Waals surface area contributed by atoms with Gasteiger partial charge in [0.2, 0.25) is 5.91 Å². The Morgan fingerprint density at radius 3 is 2.35 bits per heavy atom. The maximum absolute atomic E-state index is 13.1. The van der Waals surface area contributed by atoms with Gasteiger partial charge in [0.05, 0.1) is 19.7 Å². The van der Waals surface area contributed by atoms with Crippen LogP contribution < -0.4 is 24.8 Å². The summed E-state index contributed by atoms with van der Waals surface area (Å²) in [4.78, 5) is 44.5. The van der Waals surface area contributed by atoms with Gasteiger partial charge >= 0.3 is 0 Å². The molecule has 0 bridgehead atoms. The smallest absolute Gasteiger partial charge is 0.258 e. The molecule has 0 aliphatic carbocycles. The van der Waals surface area contributed by atoms with Crippen molar-refractivity contribution in [3.8, 4) is 11.5 Å². The second-order valence-corrected chi connectivity index (χ2v) is 11.6. The Morgan fingerprint density at radius 2 is 1.75 bits per heavy atom. The van der Waals surface area contributed by atoms with E-state index in [9.17, 15) is 22.8 Å². The standard InChI is InChI=1S/C27H39N5O7S/c1-18(2)15-21(31-26(34)20-10-11-23(38-6)24(16-20)39-14-13-32(4)5)27(35)30-19(3)22(33)17-29-40(36,37)25-9-7-8-12-28-25/h7-12,16,18-19,21,29H,13-15,17H2,1-6H3,(H,30,35)(H,31,34)/t19-,21-/m0/s1. The van der Waals surface area contributed by atoms with Gasteiger partial charge in [-0.15, -0.1) is 0 Å². The summed E-state index contributed by atoms with van der Waals surface area (Å²) >= 11 is 0. The zero-order valence-electron chi connectivity index (χ0n) is 23.8. The van der Waals surface area contributed by atoms with Crippen molar-refractivity contribution in [1.29, 1.82) is 0 Å². The molecule has 2 aromatic rings. The summed E-state index contributed by atoms with van der Waals surface area (Å²) < 4.78 is 38.0. The largest absolute Gasteiger partial charge is 0.493 e. The van der Waals surface area contributed by atoms with Crippen LogP contribution in [0.2, 0.25) is 0 Å². The molecule has 1 aromatic carbocycles. The number of rotatable bonds is 16. The molecule has 0 spiro atoms. The first-order valence-electron chi connectivity index (χ1n) is 12.8. The zero-order chi connectivity index (χ0) is 29.9. The Bertz CT molecular complexity index is 1250. The molecule has 0 aliphatic rings. The van der Waals surface area contributed by atoms with E-state index < -0.39 is 46.2 Å². The maximum Gasteiger partial charge on any atom is 0.258 e. The first-order valence-corrected chi connectivity index (χ1v) is 14.3. The Hall–Kier alpha value is -3.55. The van der Waals surface area contributed by atoms with Gasteiger partial charge in [-0.25, -0.2) is 18.1 Å². The van der Waals surface area contributed by atoms with Crippen LogP contribution in [0.4, 0.5) is 0 Å². The van der Waals surface area contributed by atoms with Gasteiger partial charge in [0.1, 0.15) is 12.6 Å². The van der Waals surface area contributed by atoms with E-state index in [0.717, 1.165) is 0 Å². The Balaban J connectivity index is 2.06. The van der Waals surface area contributed by atoms with Crippen molar-refractivity contribution >= 4 is 27.6 Å². The monoisotopic (exact) mass is 577 g/mol. The quantitative estimate of drug-likeness (QED) is 0.267. The number of amides is 2. The van der Waals surface area contributed by atoms with Crippen LogP contribution in [-0.4, -0.2) is 88.9 Å². The van der Waals surface area contributed by atoms with Crippen LogP contribution in [0.25, 0.3) is 0 Å². The molecule has 0 unspecified atom stereocenters. The summed E-state index contributed by atoms with van der Waals surface area (Å²) in [5.74, 6) is -0.702. The highest BCUT2D eigenvalue weighted by atomic mass is 32.2. The molecule has 0 saturated heterocycles. The topological polar surface area (TPSA) is 156 Å². The molecule has 0 radical (unpaired) electrons. The molecular weight excluding hydrogens is 538 g/mol. The lowest BCUT2D eigenvalue weighted by atomic mass is 10.0. The van der Waals surface area contributed by atoms with Crippen LogP contribution in [0.15, 0.2) is 47.6 Å². The first-order chi connectivity index (χ1) is 18.8. The number of hydrogen-bond acceptors (Lipinski definition) is 9. The van der Waals surface area contributed by atoms with Gasteiger partial charge in [0, 0.05) is 18.3 Å². The van der Waals surface area contributed by atoms with E-state index in [0.29, 0.717) is 31.1 Å². The number of benzene rings is 1. The van der Waals surface area contributed by atoms with E-state index in [-0.39, 0.29) is 16.5 Å². The average molecular weight is 578 g/mol. The summed E-state index contributed by atoms with van der Waals surface area (Å²) in [7, 11) is 1.35. The molecule has 3 N–H and O–H groups in total. The molecule has 13 heteroatoms. The van der Waals surface area contributed by atoms with Gasteiger partial charge in [-0.3, -0.25) is 14.4 Å². The van der Waals surface area contributed by atoms with Crippen LogP contribution in [0, 0.1) is 5.92 Å². The normalized spacial score (nSPS) is 13.0. The van der Waals surface area contributed by atoms with Crippen LogP contribution >= 0.6 is 0 Å². The third-order valence-electron chi connectivity index (χ3n) is 5.74. The van der Waals surface area contributed by atoms with Crippen molar-refractivity contribution in [3.05, 3.63) is 48.2 Å². The number of nitrogens with zero attached hydrogens (tertiary/aromatic N) is 2. The molecule has 12 nitrogen and oxygen atoms in total. The minimum absolute atomic E-state index is 0.0491. The van der Waals surface area contributed by atoms with E-state index >= 15 is 0 Å². The van der Waals surface area contributed by atoms with Crippen molar-refractivity contribution in [3.63, 3.8) is 0 Å². The minimum atomic E-state index is -3.99. The van der Waals surface area contributed by atoms with E-state index in [1.165, 1.54) is 32.4 Å². The average Bonchev–Trinajstić information content (AvgIpc) is 2.91. The Morgan fingerprint density at radius 1 is 1.02 bits per heavy atom. The fourth-order valence-electron chi connectivity index (χ4n) is 3.51. The van der Waals surface area contributed by atoms with Crippen LogP contribution in [-0.2, 0) is 19.6 Å². The van der Waals surface area contributed by atoms with Gasteiger partial charge in [-0.2, -0.15) is 0 Å². The molecule has 40 heavy (non-hydrogen) atoms. The van der Waals surface area contributed by atoms with Gasteiger partial charge in [0.25, 0.3) is 15.9 Å². The number of nitrogens with one attached hydrogen (secondary N) is 3. The summed E-state index contributed by atoms with van der Waals surface area (Å²) in [5, 5.41) is 5.10. The zero-order valence-corrected chi connectivity index (χ0v) is 24.6.